The molecule has 0 radical (unpaired) electrons. The fraction of sp³-hybridized carbons (Fsp3) is 0.925. The summed E-state index contributed by atoms with van der Waals surface area (Å²) in [6.45, 7) is 14.2. The van der Waals surface area contributed by atoms with Gasteiger partial charge in [0.15, 0.2) is 6.29 Å². The van der Waals surface area contributed by atoms with Crippen molar-refractivity contribution >= 4 is 11.8 Å². The van der Waals surface area contributed by atoms with Crippen LogP contribution in [0, 0.1) is 28.6 Å². The molecule has 0 aromatic rings. The molecule has 4 aliphatic carbocycles. The van der Waals surface area contributed by atoms with Crippen LogP contribution in [0.3, 0.4) is 0 Å². The number of aliphatic hydroxyl groups is 1. The Kier molecular flexibility index (Phi) is 25.0. The Morgan fingerprint density at radius 3 is 1.88 bits per heavy atom. The number of rotatable bonds is 35. The van der Waals surface area contributed by atoms with Gasteiger partial charge in [0.1, 0.15) is 11.9 Å². The van der Waals surface area contributed by atoms with Crippen LogP contribution in [0.2, 0.25) is 0 Å². The van der Waals surface area contributed by atoms with Crippen molar-refractivity contribution in [2.75, 3.05) is 39.5 Å². The third-order valence-corrected chi connectivity index (χ3v) is 15.8. The van der Waals surface area contributed by atoms with Crippen molar-refractivity contribution in [3.8, 4) is 0 Å². The van der Waals surface area contributed by atoms with Crippen LogP contribution in [0.5, 0.6) is 0 Å². The number of hydrogen-bond acceptors (Lipinski definition) is 7. The molecule has 0 bridgehead atoms. The zero-order valence-corrected chi connectivity index (χ0v) is 39.8. The Hall–Kier alpha value is -1.28. The number of aliphatic hydroxyl groups excluding tert-OH is 1. The molecule has 0 saturated heterocycles. The number of carbonyl (C=O) groups is 2. The Morgan fingerprint density at radius 2 is 1.25 bits per heavy atom. The Morgan fingerprint density at radius 1 is 0.700 bits per heavy atom. The molecule has 0 aliphatic heterocycles. The second-order valence-electron chi connectivity index (χ2n) is 20.4. The van der Waals surface area contributed by atoms with Gasteiger partial charge >= 0.3 is 5.97 Å². The van der Waals surface area contributed by atoms with E-state index in [1.54, 1.807) is 0 Å². The average Bonchev–Trinajstić information content (AvgIpc) is 3.55. The van der Waals surface area contributed by atoms with Crippen molar-refractivity contribution in [2.45, 2.75) is 246 Å². The standard InChI is InChI=1S/C53H95NO6/c1-5-7-9-11-13-15-17-24-41-58-51(59-42-25-18-16-14-12-10-8-6-2)28-26-39-54(38-22-23-40-55)37-21-19-20-27-50(57)60-45-33-35-52(3)44(43-45)29-30-46-47-31-32-49(56)53(47,4)36-34-48(46)52/h29,45-48,51,55H,5-28,30-43H2,1-4H3. The Bertz CT molecular complexity index is 1180. The summed E-state index contributed by atoms with van der Waals surface area (Å²) in [5, 5.41) is 9.47. The largest absolute Gasteiger partial charge is 0.462 e. The molecule has 3 saturated carbocycles. The van der Waals surface area contributed by atoms with Crippen molar-refractivity contribution in [1.82, 2.24) is 4.90 Å². The second-order valence-corrected chi connectivity index (χ2v) is 20.4. The van der Waals surface area contributed by atoms with Crippen LogP contribution in [-0.4, -0.2) is 73.6 Å². The molecule has 0 heterocycles. The average molecular weight is 842 g/mol. The minimum atomic E-state index is -0.115. The molecular weight excluding hydrogens is 747 g/mol. The molecule has 348 valence electrons. The van der Waals surface area contributed by atoms with Crippen molar-refractivity contribution in [2.24, 2.45) is 28.6 Å². The summed E-state index contributed by atoms with van der Waals surface area (Å²) in [6.07, 6.45) is 38.7. The lowest BCUT2D eigenvalue weighted by atomic mass is 9.48. The van der Waals surface area contributed by atoms with Gasteiger partial charge < -0.3 is 24.2 Å². The van der Waals surface area contributed by atoms with Gasteiger partial charge in [0.2, 0.25) is 0 Å². The number of carbonyl (C=O) groups excluding carboxylic acids is 2. The first-order chi connectivity index (χ1) is 29.2. The van der Waals surface area contributed by atoms with Gasteiger partial charge in [-0.05, 0) is 133 Å². The lowest BCUT2D eigenvalue weighted by molar-refractivity contribution is -0.151. The number of ether oxygens (including phenoxy) is 3. The number of fused-ring (bicyclic) bond motifs is 5. The topological polar surface area (TPSA) is 85.3 Å². The molecule has 3 fully saturated rings. The number of esters is 1. The van der Waals surface area contributed by atoms with Crippen LogP contribution in [0.4, 0.5) is 0 Å². The summed E-state index contributed by atoms with van der Waals surface area (Å²) in [6, 6.07) is 0. The molecule has 0 aromatic heterocycles. The zero-order valence-electron chi connectivity index (χ0n) is 39.8. The summed E-state index contributed by atoms with van der Waals surface area (Å²) in [5.74, 6) is 2.34. The first-order valence-electron chi connectivity index (χ1n) is 26.2. The smallest absolute Gasteiger partial charge is 0.306 e. The van der Waals surface area contributed by atoms with Crippen LogP contribution in [0.15, 0.2) is 11.6 Å². The van der Waals surface area contributed by atoms with Crippen LogP contribution < -0.4 is 0 Å². The highest BCUT2D eigenvalue weighted by molar-refractivity contribution is 5.87. The molecule has 7 heteroatoms. The number of hydrogen-bond donors (Lipinski definition) is 1. The first kappa shape index (κ1) is 51.4. The molecule has 0 spiro atoms. The van der Waals surface area contributed by atoms with E-state index in [9.17, 15) is 14.7 Å². The third-order valence-electron chi connectivity index (χ3n) is 15.8. The molecular formula is C53H95NO6. The highest BCUT2D eigenvalue weighted by Crippen LogP contribution is 2.64. The van der Waals surface area contributed by atoms with E-state index in [-0.39, 0.29) is 35.8 Å². The van der Waals surface area contributed by atoms with E-state index >= 15 is 0 Å². The molecule has 6 atom stereocenters. The number of ketones is 1. The van der Waals surface area contributed by atoms with Crippen LogP contribution in [0.1, 0.15) is 233 Å². The predicted molar refractivity (Wildman–Crippen MR) is 248 cm³/mol. The van der Waals surface area contributed by atoms with Gasteiger partial charge in [-0.25, -0.2) is 0 Å². The summed E-state index contributed by atoms with van der Waals surface area (Å²) >= 11 is 0. The molecule has 0 aromatic carbocycles. The lowest BCUT2D eigenvalue weighted by Gasteiger charge is -2.56. The van der Waals surface area contributed by atoms with E-state index in [1.807, 2.05) is 0 Å². The van der Waals surface area contributed by atoms with Crippen LogP contribution in [0.25, 0.3) is 0 Å². The molecule has 6 unspecified atom stereocenters. The maximum Gasteiger partial charge on any atom is 0.306 e. The molecule has 1 N–H and O–H groups in total. The first-order valence-corrected chi connectivity index (χ1v) is 26.2. The molecule has 0 amide bonds. The number of unbranched alkanes of at least 4 members (excludes halogenated alkanes) is 17. The van der Waals surface area contributed by atoms with Crippen LogP contribution in [-0.2, 0) is 23.8 Å². The fourth-order valence-corrected chi connectivity index (χ4v) is 11.9. The maximum absolute atomic E-state index is 13.1. The van der Waals surface area contributed by atoms with Gasteiger partial charge in [0.05, 0.1) is 0 Å². The zero-order chi connectivity index (χ0) is 42.9. The van der Waals surface area contributed by atoms with Crippen molar-refractivity contribution < 1.29 is 28.9 Å². The normalized spacial score (nSPS) is 26.3. The van der Waals surface area contributed by atoms with E-state index in [4.69, 9.17) is 14.2 Å². The van der Waals surface area contributed by atoms with Gasteiger partial charge in [-0.1, -0.05) is 136 Å². The number of nitrogens with zero attached hydrogens (tertiary/aromatic N) is 1. The van der Waals surface area contributed by atoms with Crippen molar-refractivity contribution in [3.63, 3.8) is 0 Å². The summed E-state index contributed by atoms with van der Waals surface area (Å²) in [4.78, 5) is 28.4. The summed E-state index contributed by atoms with van der Waals surface area (Å²) in [5.41, 5.74) is 1.64. The highest BCUT2D eigenvalue weighted by atomic mass is 16.7. The second kappa shape index (κ2) is 29.2. The maximum atomic E-state index is 13.1. The van der Waals surface area contributed by atoms with E-state index < -0.39 is 0 Å². The molecule has 4 aliphatic rings. The van der Waals surface area contributed by atoms with Crippen molar-refractivity contribution in [1.29, 1.82) is 0 Å². The molecule has 7 nitrogen and oxygen atoms in total. The van der Waals surface area contributed by atoms with E-state index in [0.717, 1.165) is 136 Å². The van der Waals surface area contributed by atoms with E-state index in [2.05, 4.69) is 38.7 Å². The SMILES string of the molecule is CCCCCCCCCCOC(CCCN(CCCCO)CCCCCC(=O)OC1CCC2(C)C(=CCC3C4CCC(=O)C4(C)CCC32)C1)OCCCCCCCCCC. The predicted octanol–water partition coefficient (Wildman–Crippen LogP) is 13.5. The van der Waals surface area contributed by atoms with Gasteiger partial charge in [0, 0.05) is 44.5 Å². The van der Waals surface area contributed by atoms with E-state index in [1.165, 1.54) is 102 Å². The minimum absolute atomic E-state index is 0.00901. The quantitative estimate of drug-likeness (QED) is 0.0294. The van der Waals surface area contributed by atoms with Crippen LogP contribution >= 0.6 is 0 Å². The fourth-order valence-electron chi connectivity index (χ4n) is 11.9. The highest BCUT2D eigenvalue weighted by Gasteiger charge is 2.58. The lowest BCUT2D eigenvalue weighted by Crippen LogP contribution is -2.50. The van der Waals surface area contributed by atoms with E-state index in [0.29, 0.717) is 30.0 Å². The summed E-state index contributed by atoms with van der Waals surface area (Å²) in [7, 11) is 0. The minimum Gasteiger partial charge on any atom is -0.462 e. The monoisotopic (exact) mass is 842 g/mol. The Labute approximate surface area is 369 Å². The van der Waals surface area contributed by atoms with Gasteiger partial charge in [-0.2, -0.15) is 0 Å². The van der Waals surface area contributed by atoms with Crippen molar-refractivity contribution in [3.05, 3.63) is 11.6 Å². The molecule has 4 rings (SSSR count). The number of Topliss-reactive ketones (excluding diaryl/α,β-unsaturated/α-hetero) is 1. The van der Waals surface area contributed by atoms with Gasteiger partial charge in [-0.15, -0.1) is 0 Å². The number of allylic oxidation sites excluding steroid dienone is 1. The van der Waals surface area contributed by atoms with Gasteiger partial charge in [0.25, 0.3) is 0 Å². The molecule has 60 heavy (non-hydrogen) atoms. The summed E-state index contributed by atoms with van der Waals surface area (Å²) < 4.78 is 18.9. The van der Waals surface area contributed by atoms with Gasteiger partial charge in [-0.3, -0.25) is 9.59 Å². The third kappa shape index (κ3) is 17.0. The Balaban J connectivity index is 1.13.